The number of hydrogen-bond donors (Lipinski definition) is 2. The zero-order chi connectivity index (χ0) is 47.5. The van der Waals surface area contributed by atoms with Gasteiger partial charge in [0.1, 0.15) is 34.5 Å². The standard InChI is InChI=1S/C51H52O15/c1-56-41-18-31(19-42(57-2)49(41)62-7)12-10-29-14-35(52)26-37(16-29)65-39-22-33(47(54)48(55)34-24-45(60-5)51(64-9)46(25-34)61-6)23-40(28-39)66-38-17-30(15-36(53)27-38)11-13-32-20-43(58-3)50(63-8)44(21-32)59-4/h14-28,52-53H,10-13H2,1-9H3. The van der Waals surface area contributed by atoms with E-state index in [-0.39, 0.29) is 62.9 Å². The van der Waals surface area contributed by atoms with Crippen LogP contribution in [0.1, 0.15) is 43.0 Å². The van der Waals surface area contributed by atoms with Crippen LogP contribution in [-0.4, -0.2) is 85.8 Å². The topological polar surface area (TPSA) is 176 Å². The third-order valence-corrected chi connectivity index (χ3v) is 10.5. The number of methoxy groups -OCH3 is 9. The zero-order valence-electron chi connectivity index (χ0n) is 38.2. The van der Waals surface area contributed by atoms with E-state index in [1.165, 1.54) is 78.0 Å². The molecule has 15 nitrogen and oxygen atoms in total. The molecule has 0 spiro atoms. The number of aryl methyl sites for hydroxylation is 4. The van der Waals surface area contributed by atoms with Crippen LogP contribution in [-0.2, 0) is 25.7 Å². The van der Waals surface area contributed by atoms with Crippen LogP contribution >= 0.6 is 0 Å². The predicted molar refractivity (Wildman–Crippen MR) is 245 cm³/mol. The monoisotopic (exact) mass is 904 g/mol. The number of benzene rings is 6. The Morgan fingerprint density at radius 1 is 0.333 bits per heavy atom. The minimum absolute atomic E-state index is 0.0160. The number of phenols is 2. The molecule has 6 rings (SSSR count). The molecule has 0 saturated heterocycles. The molecule has 0 aliphatic heterocycles. The number of rotatable bonds is 22. The minimum atomic E-state index is -0.900. The average molecular weight is 905 g/mol. The van der Waals surface area contributed by atoms with E-state index in [1.807, 2.05) is 24.3 Å². The summed E-state index contributed by atoms with van der Waals surface area (Å²) in [5, 5.41) is 21.7. The lowest BCUT2D eigenvalue weighted by Crippen LogP contribution is -2.15. The van der Waals surface area contributed by atoms with E-state index in [0.29, 0.717) is 60.2 Å². The average Bonchev–Trinajstić information content (AvgIpc) is 3.32. The second-order valence-corrected chi connectivity index (χ2v) is 14.7. The van der Waals surface area contributed by atoms with Crippen molar-refractivity contribution in [1.82, 2.24) is 0 Å². The van der Waals surface area contributed by atoms with Crippen LogP contribution < -0.4 is 52.1 Å². The van der Waals surface area contributed by atoms with E-state index in [2.05, 4.69) is 0 Å². The summed E-state index contributed by atoms with van der Waals surface area (Å²) in [4.78, 5) is 28.0. The first-order valence-electron chi connectivity index (χ1n) is 20.5. The number of ketones is 2. The number of aromatic hydroxyl groups is 2. The molecule has 0 fully saturated rings. The Morgan fingerprint density at radius 2 is 0.606 bits per heavy atom. The number of ether oxygens (including phenoxy) is 11. The van der Waals surface area contributed by atoms with Gasteiger partial charge in [-0.05, 0) is 121 Å². The van der Waals surface area contributed by atoms with E-state index in [0.717, 1.165) is 22.3 Å². The summed E-state index contributed by atoms with van der Waals surface area (Å²) in [6, 6.07) is 24.1. The van der Waals surface area contributed by atoms with Gasteiger partial charge >= 0.3 is 0 Å². The van der Waals surface area contributed by atoms with Crippen LogP contribution in [0.5, 0.6) is 86.2 Å². The Hall–Kier alpha value is -7.94. The molecule has 6 aromatic carbocycles. The van der Waals surface area contributed by atoms with Gasteiger partial charge in [0.05, 0.1) is 64.0 Å². The van der Waals surface area contributed by atoms with Gasteiger partial charge < -0.3 is 62.3 Å². The van der Waals surface area contributed by atoms with E-state index < -0.39 is 11.6 Å². The van der Waals surface area contributed by atoms with Crippen LogP contribution in [0.15, 0.2) is 91.0 Å². The van der Waals surface area contributed by atoms with Gasteiger partial charge in [0.2, 0.25) is 28.8 Å². The molecule has 0 saturated carbocycles. The summed E-state index contributed by atoms with van der Waals surface area (Å²) in [5.41, 5.74) is 3.18. The highest BCUT2D eigenvalue weighted by Crippen LogP contribution is 2.42. The highest BCUT2D eigenvalue weighted by atomic mass is 16.5. The van der Waals surface area contributed by atoms with E-state index >= 15 is 0 Å². The van der Waals surface area contributed by atoms with Crippen molar-refractivity contribution >= 4 is 11.6 Å². The number of carbonyl (C=O) groups excluding carboxylic acids is 2. The molecule has 0 heterocycles. The predicted octanol–water partition coefficient (Wildman–Crippen LogP) is 9.40. The molecule has 15 heteroatoms. The molecule has 0 atom stereocenters. The smallest absolute Gasteiger partial charge is 0.233 e. The van der Waals surface area contributed by atoms with Crippen molar-refractivity contribution in [3.8, 4) is 86.2 Å². The van der Waals surface area contributed by atoms with E-state index in [1.54, 1.807) is 52.7 Å². The summed E-state index contributed by atoms with van der Waals surface area (Å²) in [6.45, 7) is 0. The van der Waals surface area contributed by atoms with Gasteiger partial charge in [0.15, 0.2) is 34.5 Å². The lowest BCUT2D eigenvalue weighted by Gasteiger charge is -2.15. The molecule has 2 N–H and O–H groups in total. The van der Waals surface area contributed by atoms with E-state index in [4.69, 9.17) is 52.1 Å². The van der Waals surface area contributed by atoms with Crippen molar-refractivity contribution in [2.45, 2.75) is 25.7 Å². The Labute approximate surface area is 382 Å². The van der Waals surface area contributed by atoms with Gasteiger partial charge in [-0.3, -0.25) is 9.59 Å². The fourth-order valence-corrected chi connectivity index (χ4v) is 7.40. The van der Waals surface area contributed by atoms with Gasteiger partial charge in [-0.25, -0.2) is 0 Å². The molecule has 6 aromatic rings. The largest absolute Gasteiger partial charge is 0.508 e. The Kier molecular flexibility index (Phi) is 15.6. The molecule has 0 aliphatic rings. The van der Waals surface area contributed by atoms with Crippen LogP contribution in [0.3, 0.4) is 0 Å². The van der Waals surface area contributed by atoms with Gasteiger partial charge in [-0.2, -0.15) is 0 Å². The highest BCUT2D eigenvalue weighted by Gasteiger charge is 2.25. The van der Waals surface area contributed by atoms with Crippen molar-refractivity contribution in [3.63, 3.8) is 0 Å². The minimum Gasteiger partial charge on any atom is -0.508 e. The first-order valence-corrected chi connectivity index (χ1v) is 20.5. The van der Waals surface area contributed by atoms with Crippen LogP contribution in [0, 0.1) is 0 Å². The Morgan fingerprint density at radius 3 is 0.909 bits per heavy atom. The number of carbonyl (C=O) groups is 2. The lowest BCUT2D eigenvalue weighted by molar-refractivity contribution is 0.0816. The van der Waals surface area contributed by atoms with Gasteiger partial charge in [0.25, 0.3) is 0 Å². The maximum absolute atomic E-state index is 14.1. The molecular weight excluding hydrogens is 853 g/mol. The molecule has 0 aliphatic carbocycles. The summed E-state index contributed by atoms with van der Waals surface area (Å²) >= 11 is 0. The van der Waals surface area contributed by atoms with Crippen molar-refractivity contribution < 1.29 is 71.9 Å². The molecule has 346 valence electrons. The van der Waals surface area contributed by atoms with Crippen molar-refractivity contribution in [3.05, 3.63) is 124 Å². The van der Waals surface area contributed by atoms with Crippen molar-refractivity contribution in [1.29, 1.82) is 0 Å². The third kappa shape index (κ3) is 11.0. The molecular formula is C51H52O15. The van der Waals surface area contributed by atoms with Crippen LogP contribution in [0.25, 0.3) is 0 Å². The normalized spacial score (nSPS) is 10.7. The van der Waals surface area contributed by atoms with Crippen LogP contribution in [0.4, 0.5) is 0 Å². The SMILES string of the molecule is COc1cc(CCc2cc(O)cc(Oc3cc(Oc4cc(O)cc(CCc5cc(OC)c(OC)c(OC)c5)c4)cc(C(=O)C(=O)c4cc(OC)c(OC)c(OC)c4)c3)c2)cc(OC)c1OC. The van der Waals surface area contributed by atoms with Gasteiger partial charge in [-0.15, -0.1) is 0 Å². The zero-order valence-corrected chi connectivity index (χ0v) is 38.2. The maximum atomic E-state index is 14.1. The quantitative estimate of drug-likeness (QED) is 0.0486. The second kappa shape index (κ2) is 21.6. The first kappa shape index (κ1) is 47.5. The van der Waals surface area contributed by atoms with Crippen LogP contribution in [0.2, 0.25) is 0 Å². The highest BCUT2D eigenvalue weighted by molar-refractivity contribution is 6.49. The number of Topliss-reactive ketones (excluding diaryl/α,β-unsaturated/α-hetero) is 2. The second-order valence-electron chi connectivity index (χ2n) is 14.7. The van der Waals surface area contributed by atoms with Gasteiger partial charge in [-0.1, -0.05) is 0 Å². The number of phenolic OH excluding ortho intramolecular Hbond substituents is 2. The molecule has 0 unspecified atom stereocenters. The Balaban J connectivity index is 1.33. The summed E-state index contributed by atoms with van der Waals surface area (Å²) in [6.07, 6.45) is 2.05. The third-order valence-electron chi connectivity index (χ3n) is 10.5. The Bertz CT molecular complexity index is 2500. The molecule has 0 radical (unpaired) electrons. The summed E-state index contributed by atoms with van der Waals surface area (Å²) < 4.78 is 61.9. The molecule has 66 heavy (non-hydrogen) atoms. The first-order chi connectivity index (χ1) is 31.9. The number of hydrogen-bond acceptors (Lipinski definition) is 15. The van der Waals surface area contributed by atoms with Crippen molar-refractivity contribution in [2.75, 3.05) is 64.0 Å². The summed E-state index contributed by atoms with van der Waals surface area (Å²) in [7, 11) is 13.5. The lowest BCUT2D eigenvalue weighted by atomic mass is 10.00. The maximum Gasteiger partial charge on any atom is 0.233 e. The fraction of sp³-hybridized carbons (Fsp3) is 0.255. The molecule has 0 bridgehead atoms. The van der Waals surface area contributed by atoms with Gasteiger partial charge in [0, 0.05) is 29.3 Å². The molecule has 0 amide bonds. The van der Waals surface area contributed by atoms with Crippen molar-refractivity contribution in [2.24, 2.45) is 0 Å². The summed E-state index contributed by atoms with van der Waals surface area (Å²) in [5.74, 6) is 2.42. The molecule has 0 aromatic heterocycles. The van der Waals surface area contributed by atoms with E-state index in [9.17, 15) is 19.8 Å². The fourth-order valence-electron chi connectivity index (χ4n) is 7.40.